The smallest absolute Gasteiger partial charge is 0.173 e. The highest BCUT2D eigenvalue weighted by Gasteiger charge is 2.20. The fourth-order valence-electron chi connectivity index (χ4n) is 3.29. The van der Waals surface area contributed by atoms with Crippen LogP contribution in [-0.2, 0) is 12.8 Å². The summed E-state index contributed by atoms with van der Waals surface area (Å²) < 4.78 is 5.43. The molecule has 0 spiro atoms. The second-order valence-electron chi connectivity index (χ2n) is 6.24. The lowest BCUT2D eigenvalue weighted by molar-refractivity contribution is 0.102. The summed E-state index contributed by atoms with van der Waals surface area (Å²) in [6.45, 7) is 2.57. The molecule has 4 rings (SSSR count). The quantitative estimate of drug-likeness (QED) is 0.342. The SMILES string of the molecule is CCOc1ccc(C(=O)CSc2ncnc3sc4c(c23)CCCC4)cc1. The molecule has 0 unspecified atom stereocenters. The van der Waals surface area contributed by atoms with Crippen LogP contribution in [0, 0.1) is 0 Å². The Hall–Kier alpha value is -1.92. The molecule has 0 fully saturated rings. The van der Waals surface area contributed by atoms with E-state index in [0.717, 1.165) is 28.4 Å². The van der Waals surface area contributed by atoms with Crippen LogP contribution in [-0.4, -0.2) is 28.1 Å². The van der Waals surface area contributed by atoms with Gasteiger partial charge in [-0.1, -0.05) is 11.8 Å². The van der Waals surface area contributed by atoms with Crippen LogP contribution in [0.2, 0.25) is 0 Å². The number of aryl methyl sites for hydroxylation is 2. The second kappa shape index (κ2) is 7.76. The molecule has 1 aliphatic carbocycles. The van der Waals surface area contributed by atoms with Gasteiger partial charge in [0.1, 0.15) is 21.9 Å². The molecule has 0 saturated carbocycles. The number of benzene rings is 1. The summed E-state index contributed by atoms with van der Waals surface area (Å²) >= 11 is 3.31. The molecule has 1 aliphatic rings. The molecule has 0 N–H and O–H groups in total. The average molecular weight is 385 g/mol. The zero-order valence-electron chi connectivity index (χ0n) is 14.7. The minimum absolute atomic E-state index is 0.105. The van der Waals surface area contributed by atoms with Crippen molar-refractivity contribution in [1.29, 1.82) is 0 Å². The van der Waals surface area contributed by atoms with E-state index in [0.29, 0.717) is 17.9 Å². The van der Waals surface area contributed by atoms with E-state index in [1.54, 1.807) is 17.7 Å². The Morgan fingerprint density at radius 2 is 2.00 bits per heavy atom. The number of thioether (sulfide) groups is 1. The molecule has 2 aromatic heterocycles. The summed E-state index contributed by atoms with van der Waals surface area (Å²) in [6.07, 6.45) is 6.34. The van der Waals surface area contributed by atoms with Crippen molar-refractivity contribution < 1.29 is 9.53 Å². The minimum Gasteiger partial charge on any atom is -0.494 e. The highest BCUT2D eigenvalue weighted by Crippen LogP contribution is 2.39. The third-order valence-electron chi connectivity index (χ3n) is 4.54. The number of nitrogens with zero attached hydrogens (tertiary/aromatic N) is 2. The molecular weight excluding hydrogens is 364 g/mol. The maximum absolute atomic E-state index is 12.5. The fourth-order valence-corrected chi connectivity index (χ4v) is 5.51. The van der Waals surface area contributed by atoms with E-state index in [1.165, 1.54) is 40.4 Å². The second-order valence-corrected chi connectivity index (χ2v) is 8.29. The third-order valence-corrected chi connectivity index (χ3v) is 6.73. The van der Waals surface area contributed by atoms with Crippen LogP contribution in [0.15, 0.2) is 35.6 Å². The summed E-state index contributed by atoms with van der Waals surface area (Å²) in [7, 11) is 0. The number of hydrogen-bond donors (Lipinski definition) is 0. The van der Waals surface area contributed by atoms with Crippen molar-refractivity contribution in [3.63, 3.8) is 0 Å². The lowest BCUT2D eigenvalue weighted by Crippen LogP contribution is -2.03. The Morgan fingerprint density at radius 3 is 2.81 bits per heavy atom. The van der Waals surface area contributed by atoms with Crippen LogP contribution >= 0.6 is 23.1 Å². The highest BCUT2D eigenvalue weighted by atomic mass is 32.2. The van der Waals surface area contributed by atoms with Crippen molar-refractivity contribution >= 4 is 39.1 Å². The Labute approximate surface area is 161 Å². The summed E-state index contributed by atoms with van der Waals surface area (Å²) in [5.74, 6) is 1.28. The van der Waals surface area contributed by atoms with Gasteiger partial charge in [-0.25, -0.2) is 9.97 Å². The van der Waals surface area contributed by atoms with Crippen LogP contribution in [0.4, 0.5) is 0 Å². The fraction of sp³-hybridized carbons (Fsp3) is 0.350. The van der Waals surface area contributed by atoms with E-state index in [9.17, 15) is 4.79 Å². The Balaban J connectivity index is 1.52. The molecule has 2 heterocycles. The van der Waals surface area contributed by atoms with E-state index >= 15 is 0 Å². The minimum atomic E-state index is 0.105. The largest absolute Gasteiger partial charge is 0.494 e. The van der Waals surface area contributed by atoms with Gasteiger partial charge in [0, 0.05) is 15.8 Å². The molecule has 0 radical (unpaired) electrons. The number of thiophene rings is 1. The van der Waals surface area contributed by atoms with Gasteiger partial charge in [0.05, 0.1) is 12.4 Å². The maximum atomic E-state index is 12.5. The highest BCUT2D eigenvalue weighted by molar-refractivity contribution is 8.00. The summed E-state index contributed by atoms with van der Waals surface area (Å²) in [6, 6.07) is 7.35. The zero-order valence-corrected chi connectivity index (χ0v) is 16.3. The van der Waals surface area contributed by atoms with Crippen molar-refractivity contribution in [2.45, 2.75) is 37.6 Å². The lowest BCUT2D eigenvalue weighted by Gasteiger charge is -2.11. The van der Waals surface area contributed by atoms with E-state index in [1.807, 2.05) is 31.2 Å². The normalized spacial score (nSPS) is 13.6. The number of ketones is 1. The van der Waals surface area contributed by atoms with E-state index in [2.05, 4.69) is 9.97 Å². The molecule has 6 heteroatoms. The molecule has 0 saturated heterocycles. The van der Waals surface area contributed by atoms with Crippen molar-refractivity contribution in [1.82, 2.24) is 9.97 Å². The van der Waals surface area contributed by atoms with E-state index < -0.39 is 0 Å². The molecule has 134 valence electrons. The Bertz CT molecular complexity index is 935. The first kappa shape index (κ1) is 17.5. The van der Waals surface area contributed by atoms with Crippen molar-refractivity contribution in [3.05, 3.63) is 46.6 Å². The predicted octanol–water partition coefficient (Wildman–Crippen LogP) is 4.94. The molecule has 0 bridgehead atoms. The first-order chi connectivity index (χ1) is 12.8. The van der Waals surface area contributed by atoms with Gasteiger partial charge in [-0.05, 0) is 62.4 Å². The van der Waals surface area contributed by atoms with E-state index in [4.69, 9.17) is 4.74 Å². The predicted molar refractivity (Wildman–Crippen MR) is 107 cm³/mol. The van der Waals surface area contributed by atoms with Crippen molar-refractivity contribution in [2.75, 3.05) is 12.4 Å². The Kier molecular flexibility index (Phi) is 5.22. The third kappa shape index (κ3) is 3.48. The summed E-state index contributed by atoms with van der Waals surface area (Å²) in [5.41, 5.74) is 2.12. The van der Waals surface area contributed by atoms with E-state index in [-0.39, 0.29) is 5.78 Å². The molecule has 1 aromatic carbocycles. The number of carbonyl (C=O) groups is 1. The van der Waals surface area contributed by atoms with Crippen LogP contribution in [0.3, 0.4) is 0 Å². The first-order valence-corrected chi connectivity index (χ1v) is 10.7. The van der Waals surface area contributed by atoms with Gasteiger partial charge in [-0.15, -0.1) is 11.3 Å². The monoisotopic (exact) mass is 384 g/mol. The lowest BCUT2D eigenvalue weighted by atomic mass is 9.97. The molecule has 26 heavy (non-hydrogen) atoms. The van der Waals surface area contributed by atoms with Gasteiger partial charge in [0.2, 0.25) is 0 Å². The number of fused-ring (bicyclic) bond motifs is 3. The molecule has 0 amide bonds. The maximum Gasteiger partial charge on any atom is 0.173 e. The van der Waals surface area contributed by atoms with Crippen LogP contribution in [0.5, 0.6) is 5.75 Å². The number of aromatic nitrogens is 2. The molecule has 0 atom stereocenters. The standard InChI is InChI=1S/C20H20N2O2S2/c1-2-24-14-9-7-13(8-10-14)16(23)11-25-19-18-15-5-3-4-6-17(15)26-20(18)22-12-21-19/h7-10,12H,2-6,11H2,1H3. The van der Waals surface area contributed by atoms with Crippen LogP contribution < -0.4 is 4.74 Å². The molecule has 3 aromatic rings. The van der Waals surface area contributed by atoms with Crippen LogP contribution in [0.1, 0.15) is 40.6 Å². The summed E-state index contributed by atoms with van der Waals surface area (Å²) in [4.78, 5) is 24.0. The van der Waals surface area contributed by atoms with Gasteiger partial charge in [-0.2, -0.15) is 0 Å². The number of Topliss-reactive ketones (excluding diaryl/α,β-unsaturated/α-hetero) is 1. The molecular formula is C20H20N2O2S2. The summed E-state index contributed by atoms with van der Waals surface area (Å²) in [5, 5.41) is 2.12. The average Bonchev–Trinajstić information content (AvgIpc) is 3.06. The number of rotatable bonds is 6. The van der Waals surface area contributed by atoms with Crippen LogP contribution in [0.25, 0.3) is 10.2 Å². The van der Waals surface area contributed by atoms with Gasteiger partial charge >= 0.3 is 0 Å². The van der Waals surface area contributed by atoms with Crippen molar-refractivity contribution in [3.8, 4) is 5.75 Å². The van der Waals surface area contributed by atoms with Gasteiger partial charge in [0.25, 0.3) is 0 Å². The van der Waals surface area contributed by atoms with Crippen molar-refractivity contribution in [2.24, 2.45) is 0 Å². The molecule has 4 nitrogen and oxygen atoms in total. The zero-order chi connectivity index (χ0) is 17.9. The number of hydrogen-bond acceptors (Lipinski definition) is 6. The number of carbonyl (C=O) groups excluding carboxylic acids is 1. The molecule has 0 aliphatic heterocycles. The topological polar surface area (TPSA) is 52.1 Å². The van der Waals surface area contributed by atoms with Gasteiger partial charge in [-0.3, -0.25) is 4.79 Å². The van der Waals surface area contributed by atoms with Gasteiger partial charge < -0.3 is 4.74 Å². The first-order valence-electron chi connectivity index (χ1n) is 8.90. The van der Waals surface area contributed by atoms with Gasteiger partial charge in [0.15, 0.2) is 5.78 Å². The number of ether oxygens (including phenoxy) is 1. The Morgan fingerprint density at radius 1 is 1.19 bits per heavy atom.